The molecular formula is C12H16BrNO2S. The molecule has 0 aliphatic carbocycles. The van der Waals surface area contributed by atoms with Gasteiger partial charge in [0.1, 0.15) is 0 Å². The van der Waals surface area contributed by atoms with E-state index in [1.807, 2.05) is 24.3 Å². The summed E-state index contributed by atoms with van der Waals surface area (Å²) in [6, 6.07) is 7.96. The first-order valence-corrected chi connectivity index (χ1v) is 8.26. The zero-order chi connectivity index (χ0) is 12.3. The van der Waals surface area contributed by atoms with Gasteiger partial charge in [0, 0.05) is 17.6 Å². The van der Waals surface area contributed by atoms with Gasteiger partial charge in [-0.3, -0.25) is 0 Å². The monoisotopic (exact) mass is 317 g/mol. The molecule has 1 atom stereocenters. The molecule has 1 aromatic carbocycles. The van der Waals surface area contributed by atoms with Gasteiger partial charge in [-0.25, -0.2) is 8.42 Å². The van der Waals surface area contributed by atoms with Crippen LogP contribution in [0.4, 0.5) is 0 Å². The fourth-order valence-electron chi connectivity index (χ4n) is 2.10. The highest BCUT2D eigenvalue weighted by Crippen LogP contribution is 2.20. The van der Waals surface area contributed by atoms with Gasteiger partial charge < -0.3 is 5.32 Å². The zero-order valence-electron chi connectivity index (χ0n) is 9.52. The van der Waals surface area contributed by atoms with Crippen molar-refractivity contribution in [3.8, 4) is 0 Å². The molecule has 0 bridgehead atoms. The van der Waals surface area contributed by atoms with Crippen molar-refractivity contribution in [2.75, 3.05) is 12.3 Å². The van der Waals surface area contributed by atoms with Gasteiger partial charge in [-0.05, 0) is 24.5 Å². The fraction of sp³-hybridized carbons (Fsp3) is 0.500. The standard InChI is InChI=1S/C12H16BrNO2S/c13-12-6-2-1-4-10(12)8-14-9-11-5-3-7-17(11,15)16/h1-2,4,6,11,14H,3,5,7-9H2. The molecule has 1 heterocycles. The van der Waals surface area contributed by atoms with E-state index in [1.165, 1.54) is 0 Å². The minimum absolute atomic E-state index is 0.190. The van der Waals surface area contributed by atoms with E-state index in [0.29, 0.717) is 18.8 Å². The average Bonchev–Trinajstić information content (AvgIpc) is 2.61. The Morgan fingerprint density at radius 1 is 1.35 bits per heavy atom. The molecule has 1 N–H and O–H groups in total. The minimum Gasteiger partial charge on any atom is -0.311 e. The summed E-state index contributed by atoms with van der Waals surface area (Å²) < 4.78 is 24.3. The molecule has 0 spiro atoms. The lowest BCUT2D eigenvalue weighted by Crippen LogP contribution is -2.30. The Morgan fingerprint density at radius 2 is 2.12 bits per heavy atom. The summed E-state index contributed by atoms with van der Waals surface area (Å²) in [6.45, 7) is 1.26. The molecule has 17 heavy (non-hydrogen) atoms. The molecule has 2 rings (SSSR count). The van der Waals surface area contributed by atoms with E-state index in [2.05, 4.69) is 21.2 Å². The van der Waals surface area contributed by atoms with Crippen molar-refractivity contribution in [1.82, 2.24) is 5.32 Å². The van der Waals surface area contributed by atoms with Gasteiger partial charge in [-0.15, -0.1) is 0 Å². The third kappa shape index (κ3) is 3.30. The van der Waals surface area contributed by atoms with Crippen LogP contribution < -0.4 is 5.32 Å². The van der Waals surface area contributed by atoms with Gasteiger partial charge in [-0.2, -0.15) is 0 Å². The predicted molar refractivity (Wildman–Crippen MR) is 72.7 cm³/mol. The van der Waals surface area contributed by atoms with Crippen LogP contribution in [0.2, 0.25) is 0 Å². The molecule has 1 fully saturated rings. The van der Waals surface area contributed by atoms with Crippen molar-refractivity contribution in [3.63, 3.8) is 0 Å². The second-order valence-corrected chi connectivity index (χ2v) is 7.61. The van der Waals surface area contributed by atoms with E-state index in [-0.39, 0.29) is 5.25 Å². The number of sulfone groups is 1. The molecule has 94 valence electrons. The minimum atomic E-state index is -2.83. The smallest absolute Gasteiger partial charge is 0.154 e. The van der Waals surface area contributed by atoms with Crippen molar-refractivity contribution < 1.29 is 8.42 Å². The average molecular weight is 318 g/mol. The van der Waals surface area contributed by atoms with E-state index in [9.17, 15) is 8.42 Å². The Morgan fingerprint density at radius 3 is 2.76 bits per heavy atom. The molecule has 1 saturated heterocycles. The second kappa shape index (κ2) is 5.50. The molecule has 1 unspecified atom stereocenters. The van der Waals surface area contributed by atoms with E-state index in [0.717, 1.165) is 22.9 Å². The van der Waals surface area contributed by atoms with E-state index in [1.54, 1.807) is 0 Å². The number of benzene rings is 1. The molecule has 3 nitrogen and oxygen atoms in total. The first kappa shape index (κ1) is 13.1. The lowest BCUT2D eigenvalue weighted by atomic mass is 10.2. The summed E-state index contributed by atoms with van der Waals surface area (Å²) in [6.07, 6.45) is 1.61. The Bertz CT molecular complexity index is 487. The Hall–Kier alpha value is -0.390. The molecular weight excluding hydrogens is 302 g/mol. The van der Waals surface area contributed by atoms with Crippen molar-refractivity contribution in [3.05, 3.63) is 34.3 Å². The topological polar surface area (TPSA) is 46.2 Å². The maximum Gasteiger partial charge on any atom is 0.154 e. The molecule has 1 aromatic rings. The van der Waals surface area contributed by atoms with Crippen LogP contribution in [0.15, 0.2) is 28.7 Å². The van der Waals surface area contributed by atoms with Crippen LogP contribution in [0.1, 0.15) is 18.4 Å². The van der Waals surface area contributed by atoms with Gasteiger partial charge in [0.25, 0.3) is 0 Å². The van der Waals surface area contributed by atoms with Gasteiger partial charge in [0.2, 0.25) is 0 Å². The van der Waals surface area contributed by atoms with Gasteiger partial charge in [0.15, 0.2) is 9.84 Å². The molecule has 0 amide bonds. The normalized spacial score (nSPS) is 22.8. The maximum atomic E-state index is 11.6. The van der Waals surface area contributed by atoms with Gasteiger partial charge in [-0.1, -0.05) is 34.1 Å². The third-order valence-electron chi connectivity index (χ3n) is 3.11. The molecule has 0 aromatic heterocycles. The Kier molecular flexibility index (Phi) is 4.22. The lowest BCUT2D eigenvalue weighted by molar-refractivity contribution is 0.574. The summed E-state index contributed by atoms with van der Waals surface area (Å²) >= 11 is 3.47. The van der Waals surface area contributed by atoms with Crippen molar-refractivity contribution >= 4 is 25.8 Å². The summed E-state index contributed by atoms with van der Waals surface area (Å²) in [5.41, 5.74) is 1.16. The van der Waals surface area contributed by atoms with Crippen LogP contribution in [0, 0.1) is 0 Å². The third-order valence-corrected chi connectivity index (χ3v) is 6.16. The SMILES string of the molecule is O=S1(=O)CCCC1CNCc1ccccc1Br. The molecule has 1 aliphatic heterocycles. The Balaban J connectivity index is 1.86. The number of halogens is 1. The summed E-state index contributed by atoms with van der Waals surface area (Å²) in [5, 5.41) is 3.04. The fourth-order valence-corrected chi connectivity index (χ4v) is 4.32. The number of nitrogens with one attached hydrogen (secondary N) is 1. The largest absolute Gasteiger partial charge is 0.311 e. The van der Waals surface area contributed by atoms with E-state index < -0.39 is 9.84 Å². The summed E-state index contributed by atoms with van der Waals surface area (Å²) in [5.74, 6) is 0.356. The summed E-state index contributed by atoms with van der Waals surface area (Å²) in [4.78, 5) is 0. The number of hydrogen-bond acceptors (Lipinski definition) is 3. The van der Waals surface area contributed by atoms with Crippen LogP contribution in [-0.4, -0.2) is 26.0 Å². The van der Waals surface area contributed by atoms with E-state index in [4.69, 9.17) is 0 Å². The molecule has 5 heteroatoms. The van der Waals surface area contributed by atoms with Gasteiger partial charge in [0.05, 0.1) is 11.0 Å². The number of rotatable bonds is 4. The zero-order valence-corrected chi connectivity index (χ0v) is 11.9. The van der Waals surface area contributed by atoms with Crippen LogP contribution in [0.25, 0.3) is 0 Å². The Labute approximate surface area is 111 Å². The lowest BCUT2D eigenvalue weighted by Gasteiger charge is -2.11. The highest BCUT2D eigenvalue weighted by Gasteiger charge is 2.30. The maximum absolute atomic E-state index is 11.6. The van der Waals surface area contributed by atoms with Crippen LogP contribution in [0.3, 0.4) is 0 Å². The molecule has 0 saturated carbocycles. The number of hydrogen-bond donors (Lipinski definition) is 1. The molecule has 1 aliphatic rings. The summed E-state index contributed by atoms with van der Waals surface area (Å²) in [7, 11) is -2.83. The second-order valence-electron chi connectivity index (χ2n) is 4.35. The first-order chi connectivity index (χ1) is 8.09. The van der Waals surface area contributed by atoms with Crippen LogP contribution in [0.5, 0.6) is 0 Å². The highest BCUT2D eigenvalue weighted by molar-refractivity contribution is 9.10. The first-order valence-electron chi connectivity index (χ1n) is 5.75. The van der Waals surface area contributed by atoms with E-state index >= 15 is 0 Å². The quantitative estimate of drug-likeness (QED) is 0.925. The molecule has 0 radical (unpaired) electrons. The highest BCUT2D eigenvalue weighted by atomic mass is 79.9. The van der Waals surface area contributed by atoms with Crippen molar-refractivity contribution in [2.45, 2.75) is 24.6 Å². The van der Waals surface area contributed by atoms with Crippen molar-refractivity contribution in [2.24, 2.45) is 0 Å². The van der Waals surface area contributed by atoms with Crippen LogP contribution >= 0.6 is 15.9 Å². The van der Waals surface area contributed by atoms with Crippen molar-refractivity contribution in [1.29, 1.82) is 0 Å². The van der Waals surface area contributed by atoms with Gasteiger partial charge >= 0.3 is 0 Å². The predicted octanol–water partition coefficient (Wildman–Crippen LogP) is 2.12. The van der Waals surface area contributed by atoms with Crippen LogP contribution in [-0.2, 0) is 16.4 Å².